The van der Waals surface area contributed by atoms with Crippen LogP contribution in [0.15, 0.2) is 18.3 Å². The average molecular weight is 283 g/mol. The predicted octanol–water partition coefficient (Wildman–Crippen LogP) is 1.02. The van der Waals surface area contributed by atoms with Crippen molar-refractivity contribution in [3.05, 3.63) is 24.0 Å². The second-order valence-electron chi connectivity index (χ2n) is 5.40. The van der Waals surface area contributed by atoms with E-state index in [0.717, 1.165) is 0 Å². The molecular weight excluding hydrogens is 266 g/mol. The van der Waals surface area contributed by atoms with Gasteiger partial charge in [0.1, 0.15) is 17.0 Å². The van der Waals surface area contributed by atoms with Crippen LogP contribution in [-0.2, 0) is 15.4 Å². The maximum Gasteiger partial charge on any atom is 0.156 e. The Morgan fingerprint density at radius 3 is 2.58 bits per heavy atom. The zero-order chi connectivity index (χ0) is 13.7. The zero-order valence-corrected chi connectivity index (χ0v) is 11.6. The summed E-state index contributed by atoms with van der Waals surface area (Å²) >= 11 is 0. The molecule has 0 aliphatic carbocycles. The number of aliphatic hydroxyl groups is 1. The van der Waals surface area contributed by atoms with Crippen molar-refractivity contribution in [2.45, 2.75) is 41.8 Å². The molecule has 5 nitrogen and oxygen atoms in total. The molecular formula is C13H17NO4S. The van der Waals surface area contributed by atoms with Gasteiger partial charge < -0.3 is 9.84 Å². The predicted molar refractivity (Wildman–Crippen MR) is 69.6 cm³/mol. The van der Waals surface area contributed by atoms with Crippen molar-refractivity contribution in [2.24, 2.45) is 0 Å². The van der Waals surface area contributed by atoms with Gasteiger partial charge in [-0.3, -0.25) is 4.98 Å². The number of sulfone groups is 1. The summed E-state index contributed by atoms with van der Waals surface area (Å²) in [5, 5.41) is 9.98. The highest BCUT2D eigenvalue weighted by molar-refractivity contribution is 7.93. The molecule has 2 saturated heterocycles. The van der Waals surface area contributed by atoms with E-state index in [1.165, 1.54) is 7.11 Å². The second kappa shape index (κ2) is 4.18. The van der Waals surface area contributed by atoms with Crippen LogP contribution in [0.2, 0.25) is 0 Å². The Morgan fingerprint density at radius 2 is 2.00 bits per heavy atom. The van der Waals surface area contributed by atoms with E-state index in [2.05, 4.69) is 4.98 Å². The molecule has 2 bridgehead atoms. The van der Waals surface area contributed by atoms with Crippen molar-refractivity contribution < 1.29 is 18.3 Å². The van der Waals surface area contributed by atoms with Crippen molar-refractivity contribution in [2.75, 3.05) is 7.11 Å². The van der Waals surface area contributed by atoms with E-state index in [1.807, 2.05) is 0 Å². The van der Waals surface area contributed by atoms with Gasteiger partial charge >= 0.3 is 0 Å². The lowest BCUT2D eigenvalue weighted by atomic mass is 9.89. The summed E-state index contributed by atoms with van der Waals surface area (Å²) in [6, 6.07) is 3.48. The quantitative estimate of drug-likeness (QED) is 0.877. The minimum absolute atomic E-state index is 0.221. The highest BCUT2D eigenvalue weighted by Gasteiger charge is 2.54. The van der Waals surface area contributed by atoms with E-state index in [4.69, 9.17) is 4.74 Å². The minimum Gasteiger partial charge on any atom is -0.495 e. The Hall–Kier alpha value is -1.14. The Kier molecular flexibility index (Phi) is 2.83. The first-order valence-corrected chi connectivity index (χ1v) is 8.03. The van der Waals surface area contributed by atoms with Crippen LogP contribution in [0.1, 0.15) is 31.4 Å². The van der Waals surface area contributed by atoms with Crippen LogP contribution in [-0.4, -0.2) is 36.1 Å². The summed E-state index contributed by atoms with van der Waals surface area (Å²) in [5.74, 6) is 0.517. The van der Waals surface area contributed by atoms with Gasteiger partial charge in [0, 0.05) is 6.20 Å². The lowest BCUT2D eigenvalue weighted by molar-refractivity contribution is 0.0108. The molecule has 3 rings (SSSR count). The van der Waals surface area contributed by atoms with E-state index < -0.39 is 25.9 Å². The number of rotatable bonds is 2. The van der Waals surface area contributed by atoms with Crippen LogP contribution in [0.5, 0.6) is 5.75 Å². The zero-order valence-electron chi connectivity index (χ0n) is 10.7. The topological polar surface area (TPSA) is 76.5 Å². The Balaban J connectivity index is 2.02. The number of hydrogen-bond acceptors (Lipinski definition) is 5. The van der Waals surface area contributed by atoms with Gasteiger partial charge in [-0.2, -0.15) is 0 Å². The van der Waals surface area contributed by atoms with Gasteiger partial charge in [-0.25, -0.2) is 8.42 Å². The number of ether oxygens (including phenoxy) is 1. The number of fused-ring (bicyclic) bond motifs is 2. The Bertz CT molecular complexity index is 578. The van der Waals surface area contributed by atoms with Gasteiger partial charge in [0.2, 0.25) is 0 Å². The van der Waals surface area contributed by atoms with Crippen molar-refractivity contribution in [1.29, 1.82) is 0 Å². The molecule has 2 unspecified atom stereocenters. The van der Waals surface area contributed by atoms with E-state index in [0.29, 0.717) is 24.3 Å². The van der Waals surface area contributed by atoms with Gasteiger partial charge in [-0.05, 0) is 37.8 Å². The molecule has 3 heterocycles. The third-order valence-corrected chi connectivity index (χ3v) is 6.97. The van der Waals surface area contributed by atoms with E-state index in [-0.39, 0.29) is 12.8 Å². The SMILES string of the molecule is COc1cccnc1C1(O)CC2CCC(C1)S2(=O)=O. The van der Waals surface area contributed by atoms with E-state index in [1.54, 1.807) is 18.3 Å². The molecule has 2 fully saturated rings. The molecule has 0 radical (unpaired) electrons. The van der Waals surface area contributed by atoms with E-state index in [9.17, 15) is 13.5 Å². The monoisotopic (exact) mass is 283 g/mol. The lowest BCUT2D eigenvalue weighted by Crippen LogP contribution is -2.43. The number of hydrogen-bond donors (Lipinski definition) is 1. The second-order valence-corrected chi connectivity index (χ2v) is 7.92. The largest absolute Gasteiger partial charge is 0.495 e. The highest BCUT2D eigenvalue weighted by atomic mass is 32.2. The Labute approximate surface area is 112 Å². The summed E-state index contributed by atoms with van der Waals surface area (Å²) in [5.41, 5.74) is -0.728. The van der Waals surface area contributed by atoms with Gasteiger partial charge in [0.25, 0.3) is 0 Å². The van der Waals surface area contributed by atoms with Crippen LogP contribution in [0, 0.1) is 0 Å². The molecule has 0 amide bonds. The first-order chi connectivity index (χ1) is 8.97. The van der Waals surface area contributed by atoms with Gasteiger partial charge in [0.05, 0.1) is 17.6 Å². The summed E-state index contributed by atoms with van der Waals surface area (Å²) in [6.07, 6.45) is 3.33. The van der Waals surface area contributed by atoms with Gasteiger partial charge in [-0.15, -0.1) is 0 Å². The summed E-state index contributed by atoms with van der Waals surface area (Å²) in [7, 11) is -1.53. The number of methoxy groups -OCH3 is 1. The molecule has 104 valence electrons. The fraction of sp³-hybridized carbons (Fsp3) is 0.615. The highest BCUT2D eigenvalue weighted by Crippen LogP contribution is 2.48. The molecule has 1 N–H and O–H groups in total. The maximum atomic E-state index is 12.1. The Morgan fingerprint density at radius 1 is 1.37 bits per heavy atom. The first kappa shape index (κ1) is 12.9. The summed E-state index contributed by atoms with van der Waals surface area (Å²) in [4.78, 5) is 4.22. The molecule has 6 heteroatoms. The van der Waals surface area contributed by atoms with Crippen LogP contribution in [0.3, 0.4) is 0 Å². The van der Waals surface area contributed by atoms with E-state index >= 15 is 0 Å². The molecule has 0 spiro atoms. The molecule has 19 heavy (non-hydrogen) atoms. The molecule has 2 atom stereocenters. The van der Waals surface area contributed by atoms with Crippen molar-refractivity contribution >= 4 is 9.84 Å². The smallest absolute Gasteiger partial charge is 0.156 e. The summed E-state index contributed by atoms with van der Waals surface area (Å²) in [6.45, 7) is 0. The standard InChI is InChI=1S/C13H17NO4S/c1-18-11-3-2-6-14-12(11)13(15)7-9-4-5-10(8-13)19(9,16)17/h2-3,6,9-10,15H,4-5,7-8H2,1H3. The number of aromatic nitrogens is 1. The van der Waals surface area contributed by atoms with Crippen LogP contribution >= 0.6 is 0 Å². The third kappa shape index (κ3) is 1.85. The molecule has 0 aromatic carbocycles. The average Bonchev–Trinajstić information content (AvgIpc) is 2.57. The lowest BCUT2D eigenvalue weighted by Gasteiger charge is -2.36. The summed E-state index contributed by atoms with van der Waals surface area (Å²) < 4.78 is 29.4. The molecule has 1 aromatic heterocycles. The molecule has 0 saturated carbocycles. The first-order valence-electron chi connectivity index (χ1n) is 6.42. The fourth-order valence-electron chi connectivity index (χ4n) is 3.34. The van der Waals surface area contributed by atoms with Crippen molar-refractivity contribution in [3.8, 4) is 5.75 Å². The fourth-order valence-corrected chi connectivity index (χ4v) is 5.83. The van der Waals surface area contributed by atoms with Crippen LogP contribution < -0.4 is 4.74 Å². The molecule has 1 aromatic rings. The number of pyridine rings is 1. The normalized spacial score (nSPS) is 36.1. The minimum atomic E-state index is -3.06. The van der Waals surface area contributed by atoms with Crippen molar-refractivity contribution in [1.82, 2.24) is 4.98 Å². The number of nitrogens with zero attached hydrogens (tertiary/aromatic N) is 1. The van der Waals surface area contributed by atoms with Gasteiger partial charge in [0.15, 0.2) is 9.84 Å². The van der Waals surface area contributed by atoms with Crippen LogP contribution in [0.4, 0.5) is 0 Å². The van der Waals surface area contributed by atoms with Gasteiger partial charge in [-0.1, -0.05) is 0 Å². The third-order valence-electron chi connectivity index (χ3n) is 4.30. The maximum absolute atomic E-state index is 12.1. The molecule has 2 aliphatic rings. The van der Waals surface area contributed by atoms with Crippen molar-refractivity contribution in [3.63, 3.8) is 0 Å². The molecule has 2 aliphatic heterocycles. The van der Waals surface area contributed by atoms with Crippen LogP contribution in [0.25, 0.3) is 0 Å².